The fourth-order valence-corrected chi connectivity index (χ4v) is 4.59. The van der Waals surface area contributed by atoms with E-state index >= 15 is 0 Å². The molecule has 1 saturated heterocycles. The molecule has 2 fully saturated rings. The first-order valence-corrected chi connectivity index (χ1v) is 11.8. The molecular weight excluding hydrogens is 507 g/mol. The van der Waals surface area contributed by atoms with Gasteiger partial charge < -0.3 is 21.1 Å². The number of anilines is 1. The molecular formula is C23H24F3N9O3. The molecule has 3 aromatic rings. The molecule has 0 spiro atoms. The van der Waals surface area contributed by atoms with Gasteiger partial charge in [-0.1, -0.05) is 6.92 Å². The number of likely N-dealkylation sites (tertiary alicyclic amines) is 1. The van der Waals surface area contributed by atoms with Crippen molar-refractivity contribution < 1.29 is 27.9 Å². The molecule has 3 aromatic heterocycles. The largest absolute Gasteiger partial charge is 0.416 e. The van der Waals surface area contributed by atoms with Crippen molar-refractivity contribution in [2.24, 2.45) is 17.1 Å². The summed E-state index contributed by atoms with van der Waals surface area (Å²) in [6.07, 6.45) is -0.850. The van der Waals surface area contributed by atoms with E-state index in [0.717, 1.165) is 4.68 Å². The first-order chi connectivity index (χ1) is 17.9. The minimum Gasteiger partial charge on any atom is -0.382 e. The predicted molar refractivity (Wildman–Crippen MR) is 125 cm³/mol. The maximum atomic E-state index is 12.9. The van der Waals surface area contributed by atoms with E-state index in [2.05, 4.69) is 26.6 Å². The summed E-state index contributed by atoms with van der Waals surface area (Å²) in [7, 11) is 0. The molecule has 15 heteroatoms. The van der Waals surface area contributed by atoms with Crippen LogP contribution in [0, 0.1) is 22.7 Å². The van der Waals surface area contributed by atoms with E-state index < -0.39 is 30.1 Å². The number of carbonyl (C=O) groups is 2. The third-order valence-corrected chi connectivity index (χ3v) is 7.03. The first-order valence-electron chi connectivity index (χ1n) is 11.8. The maximum absolute atomic E-state index is 12.9. The van der Waals surface area contributed by atoms with Crippen molar-refractivity contribution in [3.05, 3.63) is 30.4 Å². The number of nitrogens with two attached hydrogens (primary N) is 1. The number of imidazole rings is 1. The number of carbonyl (C=O) groups excluding carboxylic acids is 2. The molecule has 1 aliphatic carbocycles. The lowest BCUT2D eigenvalue weighted by molar-refractivity contribution is -0.208. The molecule has 2 aliphatic rings. The van der Waals surface area contributed by atoms with Crippen LogP contribution in [0.5, 0.6) is 0 Å². The number of alkyl halides is 3. The van der Waals surface area contributed by atoms with Gasteiger partial charge >= 0.3 is 6.18 Å². The second kappa shape index (κ2) is 8.98. The predicted octanol–water partition coefficient (Wildman–Crippen LogP) is 1.18. The summed E-state index contributed by atoms with van der Waals surface area (Å²) in [5, 5.41) is 30.1. The molecule has 3 atom stereocenters. The van der Waals surface area contributed by atoms with Crippen molar-refractivity contribution in [2.45, 2.75) is 44.6 Å². The van der Waals surface area contributed by atoms with Crippen LogP contribution in [0.3, 0.4) is 0 Å². The molecule has 4 N–H and O–H groups in total. The van der Waals surface area contributed by atoms with Gasteiger partial charge in [-0.15, -0.1) is 0 Å². The number of aliphatic hydroxyl groups excluding tert-OH is 1. The van der Waals surface area contributed by atoms with Crippen LogP contribution in [-0.4, -0.2) is 77.6 Å². The monoisotopic (exact) mass is 531 g/mol. The molecule has 0 unspecified atom stereocenters. The Morgan fingerprint density at radius 2 is 2.03 bits per heavy atom. The SMILES string of the molecule is C[C@@H]1CN(C(=O)C2(C#N)CC2)C[C@H]1Nc1c(C(N)=O)cnn2cc(-c3cnn(C[C@@H](O)C(F)(F)F)c3)nc12. The molecule has 0 bridgehead atoms. The van der Waals surface area contributed by atoms with Crippen LogP contribution in [0.25, 0.3) is 16.9 Å². The van der Waals surface area contributed by atoms with Crippen LogP contribution in [0.15, 0.2) is 24.8 Å². The number of fused-ring (bicyclic) bond motifs is 1. The normalized spacial score (nSPS) is 21.3. The van der Waals surface area contributed by atoms with Gasteiger partial charge in [-0.2, -0.15) is 28.6 Å². The summed E-state index contributed by atoms with van der Waals surface area (Å²) >= 11 is 0. The molecule has 1 aliphatic heterocycles. The number of primary amides is 1. The van der Waals surface area contributed by atoms with Gasteiger partial charge in [-0.05, 0) is 18.8 Å². The van der Waals surface area contributed by atoms with Crippen LogP contribution in [-0.2, 0) is 11.3 Å². The fraction of sp³-hybridized carbons (Fsp3) is 0.478. The van der Waals surface area contributed by atoms with Gasteiger partial charge in [0.1, 0.15) is 5.41 Å². The highest BCUT2D eigenvalue weighted by atomic mass is 19.4. The van der Waals surface area contributed by atoms with Gasteiger partial charge in [0.25, 0.3) is 5.91 Å². The number of hydrogen-bond acceptors (Lipinski definition) is 8. The fourth-order valence-electron chi connectivity index (χ4n) is 4.59. The van der Waals surface area contributed by atoms with E-state index in [-0.39, 0.29) is 29.1 Å². The molecule has 0 aromatic carbocycles. The second-order valence-corrected chi connectivity index (χ2v) is 9.83. The van der Waals surface area contributed by atoms with Gasteiger partial charge in [-0.3, -0.25) is 14.3 Å². The van der Waals surface area contributed by atoms with Crippen molar-refractivity contribution >= 4 is 23.1 Å². The summed E-state index contributed by atoms with van der Waals surface area (Å²) < 4.78 is 40.4. The van der Waals surface area contributed by atoms with E-state index in [1.165, 1.54) is 29.3 Å². The molecule has 200 valence electrons. The zero-order valence-electron chi connectivity index (χ0n) is 20.2. The number of halogens is 3. The number of nitrogens with zero attached hydrogens (tertiary/aromatic N) is 7. The Labute approximate surface area is 213 Å². The van der Waals surface area contributed by atoms with Crippen molar-refractivity contribution in [1.29, 1.82) is 5.26 Å². The lowest BCUT2D eigenvalue weighted by atomic mass is 10.1. The Morgan fingerprint density at radius 3 is 2.66 bits per heavy atom. The average molecular weight is 531 g/mol. The van der Waals surface area contributed by atoms with E-state index in [4.69, 9.17) is 5.73 Å². The quantitative estimate of drug-likeness (QED) is 0.408. The number of aromatic nitrogens is 5. The van der Waals surface area contributed by atoms with E-state index in [1.54, 1.807) is 4.90 Å². The second-order valence-electron chi connectivity index (χ2n) is 9.83. The van der Waals surface area contributed by atoms with Gasteiger partial charge in [0.05, 0.1) is 48.1 Å². The van der Waals surface area contributed by atoms with E-state index in [0.29, 0.717) is 42.9 Å². The topological polar surface area (TPSA) is 167 Å². The molecule has 12 nitrogen and oxygen atoms in total. The zero-order valence-corrected chi connectivity index (χ0v) is 20.2. The maximum Gasteiger partial charge on any atom is 0.416 e. The first kappa shape index (κ1) is 25.5. The van der Waals surface area contributed by atoms with E-state index in [9.17, 15) is 33.1 Å². The van der Waals surface area contributed by atoms with Crippen LogP contribution in [0.2, 0.25) is 0 Å². The van der Waals surface area contributed by atoms with Crippen molar-refractivity contribution in [1.82, 2.24) is 29.3 Å². The number of nitrogens with one attached hydrogen (secondary N) is 1. The third kappa shape index (κ3) is 4.51. The number of aliphatic hydroxyl groups is 1. The van der Waals surface area contributed by atoms with Crippen LogP contribution in [0.4, 0.5) is 18.9 Å². The summed E-state index contributed by atoms with van der Waals surface area (Å²) in [4.78, 5) is 31.3. The average Bonchev–Trinajstić information content (AvgIpc) is 3.14. The minimum absolute atomic E-state index is 0.0184. The van der Waals surface area contributed by atoms with Crippen molar-refractivity contribution in [3.63, 3.8) is 0 Å². The molecule has 38 heavy (non-hydrogen) atoms. The van der Waals surface area contributed by atoms with Crippen molar-refractivity contribution in [2.75, 3.05) is 18.4 Å². The summed E-state index contributed by atoms with van der Waals surface area (Å²) in [5.74, 6) is -0.960. The van der Waals surface area contributed by atoms with Crippen LogP contribution >= 0.6 is 0 Å². The number of rotatable bonds is 7. The number of hydrogen-bond donors (Lipinski definition) is 3. The molecule has 0 radical (unpaired) electrons. The van der Waals surface area contributed by atoms with Gasteiger partial charge in [0.2, 0.25) is 5.91 Å². The Kier molecular flexibility index (Phi) is 6.02. The zero-order chi connectivity index (χ0) is 27.4. The van der Waals surface area contributed by atoms with Crippen LogP contribution in [0.1, 0.15) is 30.1 Å². The van der Waals surface area contributed by atoms with Crippen molar-refractivity contribution in [3.8, 4) is 17.3 Å². The number of amides is 2. The van der Waals surface area contributed by atoms with Gasteiger partial charge in [0, 0.05) is 30.9 Å². The Bertz CT molecular complexity index is 1450. The summed E-state index contributed by atoms with van der Waals surface area (Å²) in [6.45, 7) is 1.92. The highest BCUT2D eigenvalue weighted by molar-refractivity contribution is 6.01. The minimum atomic E-state index is -4.78. The lowest BCUT2D eigenvalue weighted by Gasteiger charge is -2.21. The third-order valence-electron chi connectivity index (χ3n) is 7.03. The molecule has 1 saturated carbocycles. The smallest absolute Gasteiger partial charge is 0.382 e. The Morgan fingerprint density at radius 1 is 1.29 bits per heavy atom. The van der Waals surface area contributed by atoms with Gasteiger partial charge in [0.15, 0.2) is 11.8 Å². The highest BCUT2D eigenvalue weighted by Crippen LogP contribution is 2.47. The summed E-state index contributed by atoms with van der Waals surface area (Å²) in [6, 6.07) is 1.85. The van der Waals surface area contributed by atoms with Gasteiger partial charge in [-0.25, -0.2) is 9.50 Å². The standard InChI is InChI=1S/C23H24F3N9O3/c1-12-6-33(21(38)22(11-27)2-3-22)8-15(12)31-18-14(19(28)37)5-30-35-9-16(32-20(18)35)13-4-29-34(7-13)10-17(36)23(24,25)26/h4-5,7,9,12,15,17,31,36H,2-3,6,8,10H2,1H3,(H2,28,37)/t12-,15-,17-/m1/s1. The Balaban J connectivity index is 1.42. The molecule has 4 heterocycles. The molecule has 5 rings (SSSR count). The molecule has 2 amide bonds. The van der Waals surface area contributed by atoms with E-state index in [1.807, 2.05) is 6.92 Å². The Hall–Kier alpha value is -4.19. The summed E-state index contributed by atoms with van der Waals surface area (Å²) in [5.41, 5.74) is 5.96. The highest BCUT2D eigenvalue weighted by Gasteiger charge is 2.54. The number of nitriles is 1. The lowest BCUT2D eigenvalue weighted by Crippen LogP contribution is -2.36. The van der Waals surface area contributed by atoms with Crippen LogP contribution < -0.4 is 11.1 Å².